The summed E-state index contributed by atoms with van der Waals surface area (Å²) in [7, 11) is -3.55. The molecule has 7 nitrogen and oxygen atoms in total. The van der Waals surface area contributed by atoms with Crippen molar-refractivity contribution in [2.24, 2.45) is 0 Å². The maximum Gasteiger partial charge on any atom is 0.339 e. The number of aromatic nitrogens is 1. The first-order chi connectivity index (χ1) is 11.9. The first kappa shape index (κ1) is 17.4. The van der Waals surface area contributed by atoms with E-state index in [1.165, 1.54) is 16.6 Å². The molecular weight excluding hydrogens is 342 g/mol. The third-order valence-corrected chi connectivity index (χ3v) is 6.33. The monoisotopic (exact) mass is 361 g/mol. The van der Waals surface area contributed by atoms with Gasteiger partial charge in [0.1, 0.15) is 11.4 Å². The Kier molecular flexibility index (Phi) is 4.73. The highest BCUT2D eigenvalue weighted by atomic mass is 32.2. The standard InChI is InChI=1S/C17H19N3O4S/c1-13-5-2-3-7-15(13)25(23,24)20-11-9-19(10-12-20)16-14(17(21)22)6-4-8-18-16/h2-8H,9-12H2,1H3,(H,21,22). The highest BCUT2D eigenvalue weighted by Gasteiger charge is 2.30. The lowest BCUT2D eigenvalue weighted by atomic mass is 10.2. The summed E-state index contributed by atoms with van der Waals surface area (Å²) in [4.78, 5) is 17.6. The van der Waals surface area contributed by atoms with Gasteiger partial charge in [-0.25, -0.2) is 18.2 Å². The minimum atomic E-state index is -3.55. The van der Waals surface area contributed by atoms with E-state index in [0.29, 0.717) is 29.4 Å². The molecule has 25 heavy (non-hydrogen) atoms. The van der Waals surface area contributed by atoms with Gasteiger partial charge in [-0.1, -0.05) is 18.2 Å². The Morgan fingerprint density at radius 1 is 1.08 bits per heavy atom. The van der Waals surface area contributed by atoms with Crippen molar-refractivity contribution in [1.29, 1.82) is 0 Å². The molecule has 1 N–H and O–H groups in total. The number of hydrogen-bond acceptors (Lipinski definition) is 5. The molecule has 1 fully saturated rings. The zero-order valence-corrected chi connectivity index (χ0v) is 14.6. The van der Waals surface area contributed by atoms with E-state index in [1.807, 2.05) is 4.90 Å². The maximum atomic E-state index is 12.8. The van der Waals surface area contributed by atoms with Crippen LogP contribution in [-0.4, -0.2) is 55.0 Å². The molecule has 0 bridgehead atoms. The van der Waals surface area contributed by atoms with E-state index >= 15 is 0 Å². The molecule has 0 saturated carbocycles. The molecule has 0 aliphatic carbocycles. The molecule has 0 spiro atoms. The van der Waals surface area contributed by atoms with Crippen LogP contribution in [0.5, 0.6) is 0 Å². The molecule has 0 atom stereocenters. The van der Waals surface area contributed by atoms with Crippen molar-refractivity contribution in [3.05, 3.63) is 53.7 Å². The number of nitrogens with zero attached hydrogens (tertiary/aromatic N) is 3. The number of pyridine rings is 1. The fourth-order valence-corrected chi connectivity index (χ4v) is 4.59. The zero-order chi connectivity index (χ0) is 18.0. The second kappa shape index (κ2) is 6.81. The first-order valence-corrected chi connectivity index (χ1v) is 9.34. The second-order valence-electron chi connectivity index (χ2n) is 5.84. The fourth-order valence-electron chi connectivity index (χ4n) is 2.94. The molecule has 0 amide bonds. The zero-order valence-electron chi connectivity index (χ0n) is 13.8. The predicted molar refractivity (Wildman–Crippen MR) is 93.3 cm³/mol. The number of hydrogen-bond donors (Lipinski definition) is 1. The summed E-state index contributed by atoms with van der Waals surface area (Å²) in [5.41, 5.74) is 0.834. The molecule has 1 saturated heterocycles. The Balaban J connectivity index is 1.79. The van der Waals surface area contributed by atoms with Gasteiger partial charge in [-0.05, 0) is 30.7 Å². The van der Waals surface area contributed by atoms with E-state index in [1.54, 1.807) is 37.3 Å². The topological polar surface area (TPSA) is 90.8 Å². The van der Waals surface area contributed by atoms with Crippen LogP contribution in [0.25, 0.3) is 0 Å². The van der Waals surface area contributed by atoms with Crippen molar-refractivity contribution in [2.75, 3.05) is 31.1 Å². The number of rotatable bonds is 4. The van der Waals surface area contributed by atoms with Crippen molar-refractivity contribution in [2.45, 2.75) is 11.8 Å². The van der Waals surface area contributed by atoms with Crippen LogP contribution in [0, 0.1) is 6.92 Å². The van der Waals surface area contributed by atoms with Crippen LogP contribution in [0.4, 0.5) is 5.82 Å². The summed E-state index contributed by atoms with van der Waals surface area (Å²) < 4.78 is 27.1. The van der Waals surface area contributed by atoms with Crippen LogP contribution in [0.2, 0.25) is 0 Å². The number of piperazine rings is 1. The molecule has 1 aliphatic heterocycles. The van der Waals surface area contributed by atoms with Crippen molar-refractivity contribution >= 4 is 21.8 Å². The molecule has 0 radical (unpaired) electrons. The summed E-state index contributed by atoms with van der Waals surface area (Å²) in [5.74, 6) is -0.666. The Morgan fingerprint density at radius 3 is 2.40 bits per heavy atom. The van der Waals surface area contributed by atoms with Crippen molar-refractivity contribution < 1.29 is 18.3 Å². The number of anilines is 1. The van der Waals surface area contributed by atoms with Gasteiger partial charge in [-0.15, -0.1) is 0 Å². The number of carboxylic acid groups (broad SMARTS) is 1. The van der Waals surface area contributed by atoms with Crippen LogP contribution in [0.3, 0.4) is 0 Å². The Labute approximate surface area is 146 Å². The Morgan fingerprint density at radius 2 is 1.76 bits per heavy atom. The quantitative estimate of drug-likeness (QED) is 0.889. The van der Waals surface area contributed by atoms with E-state index in [9.17, 15) is 18.3 Å². The minimum Gasteiger partial charge on any atom is -0.478 e. The summed E-state index contributed by atoms with van der Waals surface area (Å²) in [5, 5.41) is 9.28. The molecule has 0 unspecified atom stereocenters. The minimum absolute atomic E-state index is 0.123. The molecule has 1 aliphatic rings. The average Bonchev–Trinajstić information content (AvgIpc) is 2.62. The Bertz CT molecular complexity index is 890. The van der Waals surface area contributed by atoms with Crippen molar-refractivity contribution in [3.8, 4) is 0 Å². The van der Waals surface area contributed by atoms with Gasteiger partial charge in [0.05, 0.1) is 4.90 Å². The molecule has 3 rings (SSSR count). The van der Waals surface area contributed by atoms with E-state index in [0.717, 1.165) is 0 Å². The normalized spacial score (nSPS) is 16.0. The molecular formula is C17H19N3O4S. The lowest BCUT2D eigenvalue weighted by Gasteiger charge is -2.35. The van der Waals surface area contributed by atoms with Gasteiger partial charge in [0.15, 0.2) is 0 Å². The van der Waals surface area contributed by atoms with E-state index in [-0.39, 0.29) is 18.7 Å². The number of sulfonamides is 1. The van der Waals surface area contributed by atoms with Crippen molar-refractivity contribution in [1.82, 2.24) is 9.29 Å². The summed E-state index contributed by atoms with van der Waals surface area (Å²) >= 11 is 0. The third kappa shape index (κ3) is 3.35. The third-order valence-electron chi connectivity index (χ3n) is 4.27. The van der Waals surface area contributed by atoms with E-state index in [2.05, 4.69) is 4.98 Å². The van der Waals surface area contributed by atoms with Gasteiger partial charge in [0.2, 0.25) is 10.0 Å². The predicted octanol–water partition coefficient (Wildman–Crippen LogP) is 1.60. The average molecular weight is 361 g/mol. The highest BCUT2D eigenvalue weighted by molar-refractivity contribution is 7.89. The lowest BCUT2D eigenvalue weighted by molar-refractivity contribution is 0.0697. The highest BCUT2D eigenvalue weighted by Crippen LogP contribution is 2.23. The number of benzene rings is 1. The number of carbonyl (C=O) groups is 1. The lowest BCUT2D eigenvalue weighted by Crippen LogP contribution is -2.49. The second-order valence-corrected chi connectivity index (χ2v) is 7.74. The maximum absolute atomic E-state index is 12.8. The van der Waals surface area contributed by atoms with Crippen LogP contribution >= 0.6 is 0 Å². The first-order valence-electron chi connectivity index (χ1n) is 7.90. The van der Waals surface area contributed by atoms with E-state index < -0.39 is 16.0 Å². The van der Waals surface area contributed by atoms with E-state index in [4.69, 9.17) is 0 Å². The molecule has 8 heteroatoms. The van der Waals surface area contributed by atoms with Crippen LogP contribution < -0.4 is 4.90 Å². The summed E-state index contributed by atoms with van der Waals surface area (Å²) in [6.45, 7) is 3.12. The van der Waals surface area contributed by atoms with Gasteiger partial charge in [-0.2, -0.15) is 4.31 Å². The number of carboxylic acids is 1. The van der Waals surface area contributed by atoms with Gasteiger partial charge < -0.3 is 10.0 Å². The van der Waals surface area contributed by atoms with Gasteiger partial charge in [0.25, 0.3) is 0 Å². The SMILES string of the molecule is Cc1ccccc1S(=O)(=O)N1CCN(c2ncccc2C(=O)O)CC1. The molecule has 132 valence electrons. The molecule has 2 heterocycles. The summed E-state index contributed by atoms with van der Waals surface area (Å²) in [6, 6.07) is 9.98. The van der Waals surface area contributed by atoms with Crippen LogP contribution in [0.15, 0.2) is 47.5 Å². The number of aryl methyl sites for hydroxylation is 1. The largest absolute Gasteiger partial charge is 0.478 e. The Hall–Kier alpha value is -2.45. The van der Waals surface area contributed by atoms with Gasteiger partial charge >= 0.3 is 5.97 Å². The fraction of sp³-hybridized carbons (Fsp3) is 0.294. The van der Waals surface area contributed by atoms with Crippen LogP contribution in [-0.2, 0) is 10.0 Å². The number of aromatic carboxylic acids is 1. The molecule has 1 aromatic carbocycles. The van der Waals surface area contributed by atoms with Gasteiger partial charge in [-0.3, -0.25) is 0 Å². The van der Waals surface area contributed by atoms with Crippen molar-refractivity contribution in [3.63, 3.8) is 0 Å². The molecule has 1 aromatic heterocycles. The van der Waals surface area contributed by atoms with Crippen LogP contribution in [0.1, 0.15) is 15.9 Å². The molecule has 2 aromatic rings. The summed E-state index contributed by atoms with van der Waals surface area (Å²) in [6.07, 6.45) is 1.54. The smallest absolute Gasteiger partial charge is 0.339 e. The van der Waals surface area contributed by atoms with Gasteiger partial charge in [0, 0.05) is 32.4 Å².